The third-order valence-corrected chi connectivity index (χ3v) is 5.20. The van der Waals surface area contributed by atoms with E-state index in [-0.39, 0.29) is 16.1 Å². The molecule has 0 saturated heterocycles. The van der Waals surface area contributed by atoms with Gasteiger partial charge in [0, 0.05) is 28.0 Å². The second-order valence-electron chi connectivity index (χ2n) is 6.55. The van der Waals surface area contributed by atoms with E-state index < -0.39 is 11.9 Å². The first kappa shape index (κ1) is 19.8. The monoisotopic (exact) mass is 440 g/mol. The Morgan fingerprint density at radius 2 is 1.60 bits per heavy atom. The normalized spacial score (nSPS) is 10.9. The van der Waals surface area contributed by atoms with Crippen LogP contribution in [0.1, 0.15) is 20.7 Å². The predicted molar refractivity (Wildman–Crippen MR) is 117 cm³/mol. The third-order valence-electron chi connectivity index (χ3n) is 4.64. The number of rotatable bonds is 5. The van der Waals surface area contributed by atoms with E-state index in [1.54, 1.807) is 24.3 Å². The summed E-state index contributed by atoms with van der Waals surface area (Å²) in [6.07, 6.45) is 1.83. The van der Waals surface area contributed by atoms with Crippen LogP contribution in [0.3, 0.4) is 0 Å². The average molecular weight is 441 g/mol. The Morgan fingerprint density at radius 3 is 2.33 bits per heavy atom. The van der Waals surface area contributed by atoms with Gasteiger partial charge in [-0.1, -0.05) is 23.2 Å². The van der Waals surface area contributed by atoms with Crippen molar-refractivity contribution in [3.8, 4) is 5.69 Å². The number of aromatic nitrogens is 1. The van der Waals surface area contributed by atoms with Gasteiger partial charge in [0.25, 0.3) is 0 Å². The van der Waals surface area contributed by atoms with E-state index in [0.717, 1.165) is 10.9 Å². The van der Waals surface area contributed by atoms with E-state index in [4.69, 9.17) is 23.2 Å². The molecule has 0 radical (unpaired) electrons. The summed E-state index contributed by atoms with van der Waals surface area (Å²) in [5, 5.41) is 23.2. The van der Waals surface area contributed by atoms with Crippen LogP contribution in [0.15, 0.2) is 66.9 Å². The van der Waals surface area contributed by atoms with Gasteiger partial charge in [-0.2, -0.15) is 0 Å². The van der Waals surface area contributed by atoms with Crippen molar-refractivity contribution in [2.45, 2.75) is 0 Å². The van der Waals surface area contributed by atoms with Gasteiger partial charge in [0.15, 0.2) is 0 Å². The molecule has 30 heavy (non-hydrogen) atoms. The number of carboxylic acids is 2. The summed E-state index contributed by atoms with van der Waals surface area (Å²) in [7, 11) is 0. The van der Waals surface area contributed by atoms with Crippen LogP contribution in [-0.2, 0) is 0 Å². The minimum absolute atomic E-state index is 0.0261. The molecule has 0 spiro atoms. The van der Waals surface area contributed by atoms with Gasteiger partial charge in [0.2, 0.25) is 0 Å². The zero-order valence-electron chi connectivity index (χ0n) is 15.3. The van der Waals surface area contributed by atoms with Crippen LogP contribution in [0.4, 0.5) is 11.4 Å². The van der Waals surface area contributed by atoms with Gasteiger partial charge < -0.3 is 20.1 Å². The number of halogens is 2. The lowest BCUT2D eigenvalue weighted by Gasteiger charge is -2.11. The Labute approximate surface area is 180 Å². The summed E-state index contributed by atoms with van der Waals surface area (Å²) < 4.78 is 1.85. The maximum Gasteiger partial charge on any atom is 0.337 e. The highest BCUT2D eigenvalue weighted by molar-refractivity contribution is 6.33. The lowest BCUT2D eigenvalue weighted by molar-refractivity contribution is 0.0686. The number of hydrogen-bond donors (Lipinski definition) is 3. The van der Waals surface area contributed by atoms with Crippen LogP contribution in [0.25, 0.3) is 16.6 Å². The molecule has 3 N–H and O–H groups in total. The SMILES string of the molecule is O=C(O)c1cc(-n2ccc3cc(Nc4ccc(Cl)cc4C(=O)O)ccc32)ccc1Cl. The standard InChI is InChI=1S/C22H14Cl2N2O4/c23-13-1-5-19(17(10-13)22(29)30)25-14-2-6-20-12(9-14)7-8-26(20)15-3-4-18(24)16(11-15)21(27)28/h1-11,25H,(H,27,28)(H,29,30). The molecule has 0 aliphatic heterocycles. The van der Waals surface area contributed by atoms with Gasteiger partial charge in [-0.15, -0.1) is 0 Å². The molecule has 1 heterocycles. The fourth-order valence-corrected chi connectivity index (χ4v) is 3.60. The number of carbonyl (C=O) groups is 2. The summed E-state index contributed by atoms with van der Waals surface area (Å²) in [4.78, 5) is 22.9. The van der Waals surface area contributed by atoms with Crippen LogP contribution in [0.2, 0.25) is 10.0 Å². The number of aromatic carboxylic acids is 2. The van der Waals surface area contributed by atoms with Crippen LogP contribution in [-0.4, -0.2) is 26.7 Å². The van der Waals surface area contributed by atoms with Crippen molar-refractivity contribution < 1.29 is 19.8 Å². The second-order valence-corrected chi connectivity index (χ2v) is 7.39. The van der Waals surface area contributed by atoms with Gasteiger partial charge in [0.1, 0.15) is 0 Å². The lowest BCUT2D eigenvalue weighted by atomic mass is 10.1. The Bertz CT molecular complexity index is 1310. The summed E-state index contributed by atoms with van der Waals surface area (Å²) in [6, 6.07) is 16.9. The smallest absolute Gasteiger partial charge is 0.337 e. The summed E-state index contributed by atoms with van der Waals surface area (Å²) >= 11 is 11.9. The molecule has 4 rings (SSSR count). The number of fused-ring (bicyclic) bond motifs is 1. The van der Waals surface area contributed by atoms with Crippen molar-refractivity contribution in [3.05, 3.63) is 88.0 Å². The van der Waals surface area contributed by atoms with Crippen LogP contribution < -0.4 is 5.32 Å². The van der Waals surface area contributed by atoms with Crippen LogP contribution in [0, 0.1) is 0 Å². The third kappa shape index (κ3) is 3.70. The quantitative estimate of drug-likeness (QED) is 0.349. The summed E-state index contributed by atoms with van der Waals surface area (Å²) in [5.41, 5.74) is 2.75. The molecule has 3 aromatic carbocycles. The number of anilines is 2. The Kier molecular flexibility index (Phi) is 5.11. The molecule has 0 atom stereocenters. The largest absolute Gasteiger partial charge is 0.478 e. The fourth-order valence-electron chi connectivity index (χ4n) is 3.23. The number of hydrogen-bond acceptors (Lipinski definition) is 3. The maximum atomic E-state index is 11.5. The summed E-state index contributed by atoms with van der Waals surface area (Å²) in [6.45, 7) is 0. The molecule has 0 saturated carbocycles. The first-order chi connectivity index (χ1) is 14.3. The number of nitrogens with zero attached hydrogens (tertiary/aromatic N) is 1. The molecule has 1 aromatic heterocycles. The van der Waals surface area contributed by atoms with Crippen molar-refractivity contribution in [1.82, 2.24) is 4.57 Å². The fraction of sp³-hybridized carbons (Fsp3) is 0. The van der Waals surface area contributed by atoms with Gasteiger partial charge in [-0.3, -0.25) is 0 Å². The van der Waals surface area contributed by atoms with Gasteiger partial charge in [0.05, 0.1) is 27.4 Å². The van der Waals surface area contributed by atoms with Crippen LogP contribution in [0.5, 0.6) is 0 Å². The van der Waals surface area contributed by atoms with E-state index in [2.05, 4.69) is 5.32 Å². The molecule has 0 fully saturated rings. The topological polar surface area (TPSA) is 91.6 Å². The lowest BCUT2D eigenvalue weighted by Crippen LogP contribution is -2.02. The highest BCUT2D eigenvalue weighted by atomic mass is 35.5. The van der Waals surface area contributed by atoms with Gasteiger partial charge >= 0.3 is 11.9 Å². The molecule has 0 aliphatic carbocycles. The minimum atomic E-state index is -1.10. The van der Waals surface area contributed by atoms with E-state index >= 15 is 0 Å². The van der Waals surface area contributed by atoms with E-state index in [9.17, 15) is 19.8 Å². The van der Waals surface area contributed by atoms with E-state index in [1.807, 2.05) is 35.0 Å². The van der Waals surface area contributed by atoms with Crippen LogP contribution >= 0.6 is 23.2 Å². The first-order valence-electron chi connectivity index (χ1n) is 8.77. The minimum Gasteiger partial charge on any atom is -0.478 e. The Balaban J connectivity index is 1.71. The summed E-state index contributed by atoms with van der Waals surface area (Å²) in [5.74, 6) is -2.17. The molecule has 0 unspecified atom stereocenters. The van der Waals surface area contributed by atoms with Gasteiger partial charge in [-0.25, -0.2) is 9.59 Å². The Morgan fingerprint density at radius 1 is 0.833 bits per heavy atom. The van der Waals surface area contributed by atoms with Crippen molar-refractivity contribution >= 4 is 57.4 Å². The van der Waals surface area contributed by atoms with Crippen molar-refractivity contribution in [1.29, 1.82) is 0 Å². The molecule has 8 heteroatoms. The molecule has 6 nitrogen and oxygen atoms in total. The zero-order chi connectivity index (χ0) is 21.4. The number of carboxylic acid groups (broad SMARTS) is 2. The predicted octanol–water partition coefficient (Wildman–Crippen LogP) is 6.08. The zero-order valence-corrected chi connectivity index (χ0v) is 16.8. The molecule has 4 aromatic rings. The molecule has 0 amide bonds. The maximum absolute atomic E-state index is 11.5. The molecule has 0 aliphatic rings. The molecule has 150 valence electrons. The second kappa shape index (κ2) is 7.74. The average Bonchev–Trinajstić information content (AvgIpc) is 3.12. The highest BCUT2D eigenvalue weighted by Gasteiger charge is 2.13. The molecule has 0 bridgehead atoms. The van der Waals surface area contributed by atoms with Crippen molar-refractivity contribution in [3.63, 3.8) is 0 Å². The molecular weight excluding hydrogens is 427 g/mol. The van der Waals surface area contributed by atoms with Gasteiger partial charge in [-0.05, 0) is 60.7 Å². The van der Waals surface area contributed by atoms with Crippen molar-refractivity contribution in [2.24, 2.45) is 0 Å². The van der Waals surface area contributed by atoms with E-state index in [1.165, 1.54) is 12.1 Å². The first-order valence-corrected chi connectivity index (χ1v) is 9.53. The Hall–Kier alpha value is -3.48. The molecular formula is C22H14Cl2N2O4. The van der Waals surface area contributed by atoms with Crippen molar-refractivity contribution in [2.75, 3.05) is 5.32 Å². The number of benzene rings is 3. The highest BCUT2D eigenvalue weighted by Crippen LogP contribution is 2.29. The number of nitrogens with one attached hydrogen (secondary N) is 1. The van der Waals surface area contributed by atoms with E-state index in [0.29, 0.717) is 22.1 Å².